The monoisotopic (exact) mass is 159 g/mol. The lowest BCUT2D eigenvalue weighted by atomic mass is 10.4. The van der Waals surface area contributed by atoms with E-state index in [9.17, 15) is 0 Å². The summed E-state index contributed by atoms with van der Waals surface area (Å²) in [6.45, 7) is 6.31. The Balaban J connectivity index is 1.89. The molecule has 0 bridgehead atoms. The maximum Gasteiger partial charge on any atom is 0.0887 e. The predicted molar refractivity (Wildman–Crippen MR) is 45.0 cm³/mol. The van der Waals surface area contributed by atoms with Crippen molar-refractivity contribution in [1.29, 1.82) is 0 Å². The fourth-order valence-electron chi connectivity index (χ4n) is 0.586. The van der Waals surface area contributed by atoms with E-state index in [2.05, 4.69) is 12.1 Å². The van der Waals surface area contributed by atoms with Gasteiger partial charge in [0.05, 0.1) is 12.6 Å². The van der Waals surface area contributed by atoms with Crippen LogP contribution in [-0.2, 0) is 4.84 Å². The van der Waals surface area contributed by atoms with Gasteiger partial charge < -0.3 is 0 Å². The van der Waals surface area contributed by atoms with Gasteiger partial charge in [-0.2, -0.15) is 17.2 Å². The summed E-state index contributed by atoms with van der Waals surface area (Å²) in [6.07, 6.45) is 0. The minimum atomic E-state index is 0.573. The molecule has 0 spiro atoms. The van der Waals surface area contributed by atoms with Crippen LogP contribution in [-0.4, -0.2) is 24.2 Å². The van der Waals surface area contributed by atoms with Gasteiger partial charge in [0.1, 0.15) is 0 Å². The Bertz CT molecular complexity index is 123. The van der Waals surface area contributed by atoms with Gasteiger partial charge in [0, 0.05) is 11.5 Å². The number of hydrogen-bond donors (Lipinski definition) is 1. The average Bonchev–Trinajstić information content (AvgIpc) is 1.75. The first kappa shape index (κ1) is 8.11. The number of nitrogens with one attached hydrogen (secondary N) is 1. The van der Waals surface area contributed by atoms with Crippen molar-refractivity contribution in [2.75, 3.05) is 18.1 Å². The Kier molecular flexibility index (Phi) is 3.25. The summed E-state index contributed by atoms with van der Waals surface area (Å²) in [4.78, 5) is 5.14. The van der Waals surface area contributed by atoms with Crippen molar-refractivity contribution < 1.29 is 4.84 Å². The first-order chi connectivity index (χ1) is 4.79. The summed E-state index contributed by atoms with van der Waals surface area (Å²) in [6, 6.07) is 0.573. The van der Waals surface area contributed by atoms with Crippen LogP contribution in [0.3, 0.4) is 0 Å². The van der Waals surface area contributed by atoms with Gasteiger partial charge >= 0.3 is 0 Å². The molecule has 0 aromatic rings. The second kappa shape index (κ2) is 4.01. The molecule has 1 saturated heterocycles. The van der Waals surface area contributed by atoms with Crippen molar-refractivity contribution in [3.8, 4) is 0 Å². The van der Waals surface area contributed by atoms with E-state index in [1.807, 2.05) is 18.7 Å². The molecular weight excluding hydrogens is 146 g/mol. The van der Waals surface area contributed by atoms with E-state index in [-0.39, 0.29) is 0 Å². The molecule has 0 aromatic heterocycles. The van der Waals surface area contributed by atoms with E-state index >= 15 is 0 Å². The lowest BCUT2D eigenvalue weighted by Crippen LogP contribution is -2.40. The van der Waals surface area contributed by atoms with Crippen molar-refractivity contribution in [3.05, 3.63) is 12.2 Å². The number of hydrogen-bond acceptors (Lipinski definition) is 3. The summed E-state index contributed by atoms with van der Waals surface area (Å²) < 4.78 is 0. The molecule has 0 radical (unpaired) electrons. The molecule has 1 fully saturated rings. The molecule has 1 heterocycles. The molecule has 1 rings (SSSR count). The minimum Gasteiger partial charge on any atom is -0.297 e. The van der Waals surface area contributed by atoms with Crippen LogP contribution < -0.4 is 5.48 Å². The van der Waals surface area contributed by atoms with E-state index in [1.54, 1.807) is 0 Å². The molecule has 1 aliphatic rings. The van der Waals surface area contributed by atoms with Crippen LogP contribution in [0.15, 0.2) is 12.2 Å². The fraction of sp³-hybridized carbons (Fsp3) is 0.714. The third-order valence-corrected chi connectivity index (χ3v) is 2.48. The maximum absolute atomic E-state index is 5.14. The lowest BCUT2D eigenvalue weighted by molar-refractivity contribution is 0.0395. The van der Waals surface area contributed by atoms with E-state index < -0.39 is 0 Å². The summed E-state index contributed by atoms with van der Waals surface area (Å²) in [5, 5.41) is 0. The topological polar surface area (TPSA) is 21.3 Å². The number of hydroxylamine groups is 1. The molecule has 1 aliphatic heterocycles. The zero-order valence-electron chi connectivity index (χ0n) is 6.22. The maximum atomic E-state index is 5.14. The molecule has 10 heavy (non-hydrogen) atoms. The quantitative estimate of drug-likeness (QED) is 0.492. The Hall–Kier alpha value is 0.0100. The molecular formula is C7H13NOS. The van der Waals surface area contributed by atoms with E-state index in [4.69, 9.17) is 4.84 Å². The van der Waals surface area contributed by atoms with Crippen LogP contribution in [0.1, 0.15) is 6.92 Å². The Labute approximate surface area is 66.0 Å². The van der Waals surface area contributed by atoms with Crippen LogP contribution in [0, 0.1) is 0 Å². The SMILES string of the molecule is C=C(C)CONC1CSC1. The van der Waals surface area contributed by atoms with Crippen LogP contribution in [0.4, 0.5) is 0 Å². The molecule has 2 nitrogen and oxygen atoms in total. The van der Waals surface area contributed by atoms with E-state index in [1.165, 1.54) is 11.5 Å². The molecule has 0 unspecified atom stereocenters. The largest absolute Gasteiger partial charge is 0.297 e. The third-order valence-electron chi connectivity index (χ3n) is 1.21. The highest BCUT2D eigenvalue weighted by molar-refractivity contribution is 8.00. The summed E-state index contributed by atoms with van der Waals surface area (Å²) in [5.41, 5.74) is 4.02. The fourth-order valence-corrected chi connectivity index (χ4v) is 1.19. The lowest BCUT2D eigenvalue weighted by Gasteiger charge is -2.25. The van der Waals surface area contributed by atoms with Gasteiger partial charge in [-0.3, -0.25) is 4.84 Å². The average molecular weight is 159 g/mol. The number of rotatable bonds is 4. The molecule has 0 aromatic carbocycles. The highest BCUT2D eigenvalue weighted by Gasteiger charge is 2.17. The second-order valence-corrected chi connectivity index (χ2v) is 3.67. The van der Waals surface area contributed by atoms with Crippen LogP contribution >= 0.6 is 11.8 Å². The smallest absolute Gasteiger partial charge is 0.0887 e. The van der Waals surface area contributed by atoms with Crippen molar-refractivity contribution in [1.82, 2.24) is 5.48 Å². The second-order valence-electron chi connectivity index (χ2n) is 2.60. The predicted octanol–water partition coefficient (Wildman–Crippen LogP) is 1.20. The van der Waals surface area contributed by atoms with Crippen LogP contribution in [0.2, 0.25) is 0 Å². The van der Waals surface area contributed by atoms with Crippen LogP contribution in [0.25, 0.3) is 0 Å². The van der Waals surface area contributed by atoms with Crippen molar-refractivity contribution in [2.24, 2.45) is 0 Å². The van der Waals surface area contributed by atoms with Crippen molar-refractivity contribution in [3.63, 3.8) is 0 Å². The van der Waals surface area contributed by atoms with Crippen molar-refractivity contribution >= 4 is 11.8 Å². The highest BCUT2D eigenvalue weighted by Crippen LogP contribution is 2.16. The summed E-state index contributed by atoms with van der Waals surface area (Å²) >= 11 is 1.94. The van der Waals surface area contributed by atoms with Gasteiger partial charge in [-0.25, -0.2) is 0 Å². The van der Waals surface area contributed by atoms with Gasteiger partial charge in [-0.1, -0.05) is 12.2 Å². The molecule has 1 N–H and O–H groups in total. The minimum absolute atomic E-state index is 0.573. The number of thioether (sulfide) groups is 1. The Morgan fingerprint density at radius 2 is 2.50 bits per heavy atom. The Morgan fingerprint density at radius 3 is 2.90 bits per heavy atom. The van der Waals surface area contributed by atoms with Gasteiger partial charge in [-0.05, 0) is 6.92 Å². The first-order valence-corrected chi connectivity index (χ1v) is 4.54. The van der Waals surface area contributed by atoms with Gasteiger partial charge in [0.25, 0.3) is 0 Å². The molecule has 3 heteroatoms. The van der Waals surface area contributed by atoms with Crippen molar-refractivity contribution in [2.45, 2.75) is 13.0 Å². The molecule has 0 saturated carbocycles. The summed E-state index contributed by atoms with van der Waals surface area (Å²) in [5.74, 6) is 2.35. The summed E-state index contributed by atoms with van der Waals surface area (Å²) in [7, 11) is 0. The molecule has 0 aliphatic carbocycles. The first-order valence-electron chi connectivity index (χ1n) is 3.38. The third kappa shape index (κ3) is 2.73. The zero-order chi connectivity index (χ0) is 7.40. The van der Waals surface area contributed by atoms with Gasteiger partial charge in [-0.15, -0.1) is 0 Å². The molecule has 0 amide bonds. The van der Waals surface area contributed by atoms with Crippen LogP contribution in [0.5, 0.6) is 0 Å². The molecule has 0 atom stereocenters. The van der Waals surface area contributed by atoms with E-state index in [0.717, 1.165) is 5.57 Å². The van der Waals surface area contributed by atoms with Gasteiger partial charge in [0.15, 0.2) is 0 Å². The normalized spacial score (nSPS) is 18.5. The zero-order valence-corrected chi connectivity index (χ0v) is 7.04. The highest BCUT2D eigenvalue weighted by atomic mass is 32.2. The Morgan fingerprint density at radius 1 is 1.80 bits per heavy atom. The van der Waals surface area contributed by atoms with Gasteiger partial charge in [0.2, 0.25) is 0 Å². The molecule has 58 valence electrons. The van der Waals surface area contributed by atoms with E-state index in [0.29, 0.717) is 12.6 Å². The standard InChI is InChI=1S/C7H13NOS/c1-6(2)3-9-8-7-4-10-5-7/h7-8H,1,3-5H2,2H3.